The van der Waals surface area contributed by atoms with E-state index < -0.39 is 0 Å². The molecule has 7 heteroatoms. The van der Waals surface area contributed by atoms with Crippen molar-refractivity contribution in [3.63, 3.8) is 0 Å². The van der Waals surface area contributed by atoms with Gasteiger partial charge in [0, 0.05) is 41.2 Å². The average molecular weight is 399 g/mol. The van der Waals surface area contributed by atoms with Crippen molar-refractivity contribution in [1.29, 1.82) is 0 Å². The molecule has 1 aliphatic heterocycles. The molecule has 1 aliphatic rings. The Kier molecular flexibility index (Phi) is 7.04. The summed E-state index contributed by atoms with van der Waals surface area (Å²) >= 11 is 0. The monoisotopic (exact) mass is 398 g/mol. The van der Waals surface area contributed by atoms with Gasteiger partial charge < -0.3 is 15.2 Å². The first-order chi connectivity index (χ1) is 14.0. The van der Waals surface area contributed by atoms with Crippen LogP contribution in [0.1, 0.15) is 30.7 Å². The quantitative estimate of drug-likeness (QED) is 0.566. The molecule has 0 saturated carbocycles. The van der Waals surface area contributed by atoms with Crippen molar-refractivity contribution < 1.29 is 14.3 Å². The number of nitrogen functional groups attached to an aromatic ring is 1. The highest BCUT2D eigenvalue weighted by atomic mass is 16.5. The zero-order chi connectivity index (χ0) is 20.8. The third-order valence-electron chi connectivity index (χ3n) is 5.55. The molecule has 0 spiro atoms. The first kappa shape index (κ1) is 21.0. The normalized spacial score (nSPS) is 15.3. The minimum atomic E-state index is -0.113. The Morgan fingerprint density at radius 2 is 1.90 bits per heavy atom. The Labute approximate surface area is 172 Å². The summed E-state index contributed by atoms with van der Waals surface area (Å²) in [4.78, 5) is 22.5. The van der Waals surface area contributed by atoms with Crippen LogP contribution >= 0.6 is 0 Å². The van der Waals surface area contributed by atoms with Crippen LogP contribution < -0.4 is 10.5 Å². The van der Waals surface area contributed by atoms with Crippen molar-refractivity contribution in [2.24, 2.45) is 5.92 Å². The minimum absolute atomic E-state index is 0.113. The second-order valence-corrected chi connectivity index (χ2v) is 7.59. The van der Waals surface area contributed by atoms with Crippen molar-refractivity contribution >= 4 is 11.7 Å². The Balaban J connectivity index is 1.59. The van der Waals surface area contributed by atoms with Crippen LogP contribution in [0.4, 0.5) is 5.69 Å². The van der Waals surface area contributed by atoms with Gasteiger partial charge in [-0.2, -0.15) is 0 Å². The van der Waals surface area contributed by atoms with Gasteiger partial charge in [0.25, 0.3) is 0 Å². The largest absolute Gasteiger partial charge is 0.492 e. The number of likely N-dealkylation sites (tertiary alicyclic amines) is 1. The van der Waals surface area contributed by atoms with Gasteiger partial charge in [-0.3, -0.25) is 9.69 Å². The standard InChI is InChI=1S/C22H30N4O3/c1-15-22(16(2)25-14-24-15)19-13-18(23)4-5-20(19)29-11-10-26-8-6-17(7-9-26)12-21(27)28-3/h4-5,13-14,17H,6-12,23H2,1-3H3. The summed E-state index contributed by atoms with van der Waals surface area (Å²) in [5.41, 5.74) is 10.4. The third-order valence-corrected chi connectivity index (χ3v) is 5.55. The summed E-state index contributed by atoms with van der Waals surface area (Å²) in [5, 5.41) is 0. The molecule has 3 rings (SSSR count). The molecule has 2 N–H and O–H groups in total. The lowest BCUT2D eigenvalue weighted by molar-refractivity contribution is -0.142. The van der Waals surface area contributed by atoms with Crippen LogP contribution in [0.25, 0.3) is 11.1 Å². The van der Waals surface area contributed by atoms with Crippen LogP contribution in [0.15, 0.2) is 24.5 Å². The summed E-state index contributed by atoms with van der Waals surface area (Å²) in [7, 11) is 1.45. The van der Waals surface area contributed by atoms with E-state index in [1.54, 1.807) is 6.33 Å². The predicted molar refractivity (Wildman–Crippen MR) is 113 cm³/mol. The highest BCUT2D eigenvalue weighted by Crippen LogP contribution is 2.35. The second-order valence-electron chi connectivity index (χ2n) is 7.59. The molecule has 1 saturated heterocycles. The van der Waals surface area contributed by atoms with Crippen LogP contribution in [0, 0.1) is 19.8 Å². The summed E-state index contributed by atoms with van der Waals surface area (Å²) in [6, 6.07) is 5.69. The molecule has 1 fully saturated rings. The number of nitrogens with two attached hydrogens (primary N) is 1. The SMILES string of the molecule is COC(=O)CC1CCN(CCOc2ccc(N)cc2-c2c(C)ncnc2C)CC1. The Morgan fingerprint density at radius 3 is 2.55 bits per heavy atom. The molecule has 2 aromatic rings. The molecule has 2 heterocycles. The number of carbonyl (C=O) groups excluding carboxylic acids is 1. The topological polar surface area (TPSA) is 90.6 Å². The minimum Gasteiger partial charge on any atom is -0.492 e. The van der Waals surface area contributed by atoms with E-state index in [0.29, 0.717) is 24.6 Å². The zero-order valence-corrected chi connectivity index (χ0v) is 17.5. The molecule has 7 nitrogen and oxygen atoms in total. The smallest absolute Gasteiger partial charge is 0.305 e. The predicted octanol–water partition coefficient (Wildman–Crippen LogP) is 3.00. The van der Waals surface area contributed by atoms with E-state index in [-0.39, 0.29) is 5.97 Å². The van der Waals surface area contributed by atoms with E-state index in [2.05, 4.69) is 14.9 Å². The molecule has 0 amide bonds. The number of methoxy groups -OCH3 is 1. The van der Waals surface area contributed by atoms with Crippen molar-refractivity contribution in [3.05, 3.63) is 35.9 Å². The molecular weight excluding hydrogens is 368 g/mol. The Hall–Kier alpha value is -2.67. The van der Waals surface area contributed by atoms with Crippen molar-refractivity contribution in [3.8, 4) is 16.9 Å². The van der Waals surface area contributed by atoms with Gasteiger partial charge in [-0.15, -0.1) is 0 Å². The highest BCUT2D eigenvalue weighted by Gasteiger charge is 2.22. The first-order valence-corrected chi connectivity index (χ1v) is 10.1. The maximum Gasteiger partial charge on any atom is 0.305 e. The van der Waals surface area contributed by atoms with Gasteiger partial charge in [0.05, 0.1) is 7.11 Å². The number of carbonyl (C=O) groups is 1. The van der Waals surface area contributed by atoms with Gasteiger partial charge in [-0.25, -0.2) is 9.97 Å². The number of benzene rings is 1. The maximum atomic E-state index is 11.4. The molecule has 0 bridgehead atoms. The Bertz CT molecular complexity index is 828. The van der Waals surface area contributed by atoms with Crippen LogP contribution in [-0.2, 0) is 9.53 Å². The van der Waals surface area contributed by atoms with Gasteiger partial charge in [-0.05, 0) is 63.9 Å². The average Bonchev–Trinajstić information content (AvgIpc) is 2.70. The van der Waals surface area contributed by atoms with Crippen LogP contribution in [0.3, 0.4) is 0 Å². The summed E-state index contributed by atoms with van der Waals surface area (Å²) in [5.74, 6) is 1.10. The second kappa shape index (κ2) is 9.69. The lowest BCUT2D eigenvalue weighted by Gasteiger charge is -2.31. The summed E-state index contributed by atoms with van der Waals surface area (Å²) in [6.45, 7) is 7.32. The van der Waals surface area contributed by atoms with Crippen molar-refractivity contribution in [2.75, 3.05) is 39.1 Å². The number of hydrogen-bond donors (Lipinski definition) is 1. The number of ether oxygens (including phenoxy) is 2. The fourth-order valence-corrected chi connectivity index (χ4v) is 3.87. The van der Waals surface area contributed by atoms with Crippen molar-refractivity contribution in [2.45, 2.75) is 33.1 Å². The van der Waals surface area contributed by atoms with E-state index in [1.165, 1.54) is 7.11 Å². The summed E-state index contributed by atoms with van der Waals surface area (Å²) < 4.78 is 10.9. The number of aryl methyl sites for hydroxylation is 2. The van der Waals surface area contributed by atoms with Crippen LogP contribution in [0.2, 0.25) is 0 Å². The van der Waals surface area contributed by atoms with E-state index in [4.69, 9.17) is 15.2 Å². The molecule has 1 aromatic heterocycles. The van der Waals surface area contributed by atoms with Gasteiger partial charge in [0.1, 0.15) is 18.7 Å². The third kappa shape index (κ3) is 5.44. The number of esters is 1. The maximum absolute atomic E-state index is 11.4. The highest BCUT2D eigenvalue weighted by molar-refractivity contribution is 5.76. The number of anilines is 1. The zero-order valence-electron chi connectivity index (χ0n) is 17.5. The van der Waals surface area contributed by atoms with E-state index in [0.717, 1.165) is 60.7 Å². The number of rotatable bonds is 7. The molecule has 0 aliphatic carbocycles. The van der Waals surface area contributed by atoms with E-state index in [9.17, 15) is 4.79 Å². The number of hydrogen-bond acceptors (Lipinski definition) is 7. The molecule has 0 radical (unpaired) electrons. The van der Waals surface area contributed by atoms with Crippen LogP contribution in [0.5, 0.6) is 5.75 Å². The van der Waals surface area contributed by atoms with Crippen molar-refractivity contribution in [1.82, 2.24) is 14.9 Å². The lowest BCUT2D eigenvalue weighted by atomic mass is 9.94. The number of aromatic nitrogens is 2. The van der Waals surface area contributed by atoms with Gasteiger partial charge in [-0.1, -0.05) is 0 Å². The molecule has 0 atom stereocenters. The Morgan fingerprint density at radius 1 is 1.21 bits per heavy atom. The first-order valence-electron chi connectivity index (χ1n) is 10.1. The van der Waals surface area contributed by atoms with Crippen LogP contribution in [-0.4, -0.2) is 54.2 Å². The molecule has 29 heavy (non-hydrogen) atoms. The fraction of sp³-hybridized carbons (Fsp3) is 0.500. The van der Waals surface area contributed by atoms with Gasteiger partial charge >= 0.3 is 5.97 Å². The fourth-order valence-electron chi connectivity index (χ4n) is 3.87. The number of nitrogens with zero attached hydrogens (tertiary/aromatic N) is 3. The molecule has 156 valence electrons. The van der Waals surface area contributed by atoms with Gasteiger partial charge in [0.2, 0.25) is 0 Å². The van der Waals surface area contributed by atoms with E-state index in [1.807, 2.05) is 32.0 Å². The molecule has 1 aromatic carbocycles. The molecule has 0 unspecified atom stereocenters. The summed E-state index contributed by atoms with van der Waals surface area (Å²) in [6.07, 6.45) is 4.13. The lowest BCUT2D eigenvalue weighted by Crippen LogP contribution is -2.37. The van der Waals surface area contributed by atoms with E-state index >= 15 is 0 Å². The number of piperidine rings is 1. The van der Waals surface area contributed by atoms with Gasteiger partial charge in [0.15, 0.2) is 0 Å². The molecular formula is C22H30N4O3.